The van der Waals surface area contributed by atoms with Gasteiger partial charge in [0.15, 0.2) is 0 Å². The monoisotopic (exact) mass is 232 g/mol. The topological polar surface area (TPSA) is 29.3 Å². The van der Waals surface area contributed by atoms with Gasteiger partial charge < -0.3 is 10.6 Å². The summed E-state index contributed by atoms with van der Waals surface area (Å²) in [6.07, 6.45) is 6.47. The largest absolute Gasteiger partial charge is 0.326 e. The number of hydrogen-bond acceptors (Lipinski definition) is 2. The molecule has 0 spiro atoms. The van der Waals surface area contributed by atoms with E-state index in [1.807, 2.05) is 0 Å². The minimum Gasteiger partial charge on any atom is -0.326 e. The van der Waals surface area contributed by atoms with Crippen LogP contribution in [0.1, 0.15) is 31.2 Å². The zero-order valence-corrected chi connectivity index (χ0v) is 10.6. The van der Waals surface area contributed by atoms with Crippen molar-refractivity contribution in [3.8, 4) is 0 Å². The lowest BCUT2D eigenvalue weighted by atomic mass is 10.1. The quantitative estimate of drug-likeness (QED) is 0.864. The molecule has 2 rings (SSSR count). The van der Waals surface area contributed by atoms with Crippen molar-refractivity contribution in [1.29, 1.82) is 0 Å². The van der Waals surface area contributed by atoms with Crippen LogP contribution in [0.25, 0.3) is 0 Å². The third-order valence-electron chi connectivity index (χ3n) is 3.53. The fourth-order valence-corrected chi connectivity index (χ4v) is 2.63. The minimum atomic E-state index is 0.274. The van der Waals surface area contributed by atoms with Gasteiger partial charge in [0.05, 0.1) is 0 Å². The van der Waals surface area contributed by atoms with Gasteiger partial charge in [-0.3, -0.25) is 0 Å². The molecule has 1 heterocycles. The van der Waals surface area contributed by atoms with Crippen molar-refractivity contribution in [3.05, 3.63) is 35.9 Å². The van der Waals surface area contributed by atoms with Gasteiger partial charge in [-0.05, 0) is 37.9 Å². The SMILES string of the molecule is NC(Cc1ccccc1)CN1CCCCCC1. The van der Waals surface area contributed by atoms with Crippen molar-refractivity contribution >= 4 is 0 Å². The average molecular weight is 232 g/mol. The Hall–Kier alpha value is -0.860. The number of likely N-dealkylation sites (tertiary alicyclic amines) is 1. The highest BCUT2D eigenvalue weighted by Gasteiger charge is 2.12. The van der Waals surface area contributed by atoms with E-state index < -0.39 is 0 Å². The maximum atomic E-state index is 6.25. The highest BCUT2D eigenvalue weighted by molar-refractivity contribution is 5.15. The van der Waals surface area contributed by atoms with E-state index in [0.717, 1.165) is 13.0 Å². The molecule has 0 saturated carbocycles. The summed E-state index contributed by atoms with van der Waals surface area (Å²) < 4.78 is 0. The van der Waals surface area contributed by atoms with Gasteiger partial charge in [0.2, 0.25) is 0 Å². The van der Waals surface area contributed by atoms with Gasteiger partial charge in [-0.15, -0.1) is 0 Å². The maximum Gasteiger partial charge on any atom is 0.0208 e. The molecule has 94 valence electrons. The van der Waals surface area contributed by atoms with Crippen molar-refractivity contribution in [2.24, 2.45) is 5.73 Å². The van der Waals surface area contributed by atoms with Crippen molar-refractivity contribution in [1.82, 2.24) is 4.90 Å². The van der Waals surface area contributed by atoms with Crippen molar-refractivity contribution < 1.29 is 0 Å². The van der Waals surface area contributed by atoms with Gasteiger partial charge in [-0.2, -0.15) is 0 Å². The number of rotatable bonds is 4. The van der Waals surface area contributed by atoms with E-state index in [1.54, 1.807) is 0 Å². The molecule has 2 nitrogen and oxygen atoms in total. The number of nitrogens with zero attached hydrogens (tertiary/aromatic N) is 1. The molecule has 1 saturated heterocycles. The minimum absolute atomic E-state index is 0.274. The average Bonchev–Trinajstić information content (AvgIpc) is 2.59. The summed E-state index contributed by atoms with van der Waals surface area (Å²) in [7, 11) is 0. The Morgan fingerprint density at radius 3 is 2.29 bits per heavy atom. The molecule has 0 amide bonds. The molecule has 0 radical (unpaired) electrons. The zero-order valence-electron chi connectivity index (χ0n) is 10.6. The standard InChI is InChI=1S/C15H24N2/c16-15(12-14-8-4-3-5-9-14)13-17-10-6-1-2-7-11-17/h3-5,8-9,15H,1-2,6-7,10-13,16H2. The van der Waals surface area contributed by atoms with E-state index >= 15 is 0 Å². The zero-order chi connectivity index (χ0) is 11.9. The first-order chi connectivity index (χ1) is 8.34. The number of nitrogens with two attached hydrogens (primary N) is 1. The van der Waals surface area contributed by atoms with Crippen LogP contribution in [-0.4, -0.2) is 30.6 Å². The lowest BCUT2D eigenvalue weighted by Gasteiger charge is -2.23. The highest BCUT2D eigenvalue weighted by Crippen LogP contribution is 2.10. The van der Waals surface area contributed by atoms with Crippen LogP contribution in [-0.2, 0) is 6.42 Å². The van der Waals surface area contributed by atoms with E-state index in [4.69, 9.17) is 5.73 Å². The number of benzene rings is 1. The van der Waals surface area contributed by atoms with Crippen molar-refractivity contribution in [3.63, 3.8) is 0 Å². The third-order valence-corrected chi connectivity index (χ3v) is 3.53. The smallest absolute Gasteiger partial charge is 0.0208 e. The summed E-state index contributed by atoms with van der Waals surface area (Å²) in [4.78, 5) is 2.54. The Bertz CT molecular complexity index is 302. The van der Waals surface area contributed by atoms with Crippen LogP contribution >= 0.6 is 0 Å². The van der Waals surface area contributed by atoms with Gasteiger partial charge in [0.1, 0.15) is 0 Å². The molecule has 0 aliphatic carbocycles. The molecule has 17 heavy (non-hydrogen) atoms. The van der Waals surface area contributed by atoms with E-state index in [9.17, 15) is 0 Å². The second kappa shape index (κ2) is 6.77. The van der Waals surface area contributed by atoms with Crippen LogP contribution in [0.15, 0.2) is 30.3 Å². The Kier molecular flexibility index (Phi) is 5.02. The molecular formula is C15H24N2. The first-order valence-electron chi connectivity index (χ1n) is 6.86. The lowest BCUT2D eigenvalue weighted by Crippen LogP contribution is -2.39. The molecule has 1 fully saturated rings. The maximum absolute atomic E-state index is 6.25. The molecule has 0 aromatic heterocycles. The first-order valence-corrected chi connectivity index (χ1v) is 6.86. The van der Waals surface area contributed by atoms with Crippen LogP contribution in [0.5, 0.6) is 0 Å². The molecule has 0 bridgehead atoms. The van der Waals surface area contributed by atoms with Gasteiger partial charge in [0, 0.05) is 12.6 Å². The summed E-state index contributed by atoms with van der Waals surface area (Å²) in [5.41, 5.74) is 7.60. The van der Waals surface area contributed by atoms with Crippen LogP contribution in [0.2, 0.25) is 0 Å². The third kappa shape index (κ3) is 4.49. The molecule has 1 aliphatic heterocycles. The first kappa shape index (κ1) is 12.6. The molecule has 1 aromatic carbocycles. The molecule has 2 heteroatoms. The Morgan fingerprint density at radius 1 is 1.00 bits per heavy atom. The van der Waals surface area contributed by atoms with Gasteiger partial charge >= 0.3 is 0 Å². The second-order valence-electron chi connectivity index (χ2n) is 5.16. The van der Waals surface area contributed by atoms with Gasteiger partial charge in [-0.1, -0.05) is 43.2 Å². The summed E-state index contributed by atoms with van der Waals surface area (Å²) in [6, 6.07) is 10.9. The fourth-order valence-electron chi connectivity index (χ4n) is 2.63. The Balaban J connectivity index is 1.78. The normalized spacial score (nSPS) is 19.8. The Morgan fingerprint density at radius 2 is 1.65 bits per heavy atom. The summed E-state index contributed by atoms with van der Waals surface area (Å²) in [5.74, 6) is 0. The Labute approximate surface area is 105 Å². The van der Waals surface area contributed by atoms with Crippen LogP contribution in [0.4, 0.5) is 0 Å². The van der Waals surface area contributed by atoms with E-state index in [2.05, 4.69) is 35.2 Å². The number of hydrogen-bond donors (Lipinski definition) is 1. The molecule has 1 aromatic rings. The summed E-state index contributed by atoms with van der Waals surface area (Å²) in [5, 5.41) is 0. The molecular weight excluding hydrogens is 208 g/mol. The fraction of sp³-hybridized carbons (Fsp3) is 0.600. The predicted molar refractivity (Wildman–Crippen MR) is 73.0 cm³/mol. The second-order valence-corrected chi connectivity index (χ2v) is 5.16. The van der Waals surface area contributed by atoms with Crippen molar-refractivity contribution in [2.45, 2.75) is 38.1 Å². The van der Waals surface area contributed by atoms with E-state index in [-0.39, 0.29) is 6.04 Å². The highest BCUT2D eigenvalue weighted by atomic mass is 15.1. The molecule has 1 aliphatic rings. The summed E-state index contributed by atoms with van der Waals surface area (Å²) in [6.45, 7) is 3.53. The van der Waals surface area contributed by atoms with E-state index in [1.165, 1.54) is 44.3 Å². The van der Waals surface area contributed by atoms with E-state index in [0.29, 0.717) is 0 Å². The van der Waals surface area contributed by atoms with Gasteiger partial charge in [0.25, 0.3) is 0 Å². The van der Waals surface area contributed by atoms with Crippen LogP contribution in [0.3, 0.4) is 0 Å². The lowest BCUT2D eigenvalue weighted by molar-refractivity contribution is 0.266. The molecule has 1 atom stereocenters. The summed E-state index contributed by atoms with van der Waals surface area (Å²) >= 11 is 0. The van der Waals surface area contributed by atoms with Crippen LogP contribution in [0, 0.1) is 0 Å². The van der Waals surface area contributed by atoms with Crippen molar-refractivity contribution in [2.75, 3.05) is 19.6 Å². The van der Waals surface area contributed by atoms with Crippen LogP contribution < -0.4 is 5.73 Å². The predicted octanol–water partition coefficient (Wildman–Crippen LogP) is 2.43. The molecule has 2 N–H and O–H groups in total. The van der Waals surface area contributed by atoms with Gasteiger partial charge in [-0.25, -0.2) is 0 Å². The molecule has 1 unspecified atom stereocenters.